The lowest BCUT2D eigenvalue weighted by Crippen LogP contribution is -2.10. The Morgan fingerprint density at radius 2 is 2.13 bits per heavy atom. The van der Waals surface area contributed by atoms with Gasteiger partial charge >= 0.3 is 6.18 Å². The fourth-order valence-electron chi connectivity index (χ4n) is 1.75. The summed E-state index contributed by atoms with van der Waals surface area (Å²) in [6.07, 6.45) is -2.01. The summed E-state index contributed by atoms with van der Waals surface area (Å²) >= 11 is 0. The number of carbonyl (C=O) groups excluding carboxylic acids is 1. The number of rotatable bonds is 4. The van der Waals surface area contributed by atoms with Gasteiger partial charge in [-0.05, 0) is 25.1 Å². The van der Waals surface area contributed by atoms with Gasteiger partial charge in [-0.3, -0.25) is 15.2 Å². The largest absolute Gasteiger partial charge is 0.496 e. The molecule has 122 valence electrons. The summed E-state index contributed by atoms with van der Waals surface area (Å²) in [6.45, 7) is 1.88. The van der Waals surface area contributed by atoms with Gasteiger partial charge in [0.25, 0.3) is 5.91 Å². The molecule has 0 unspecified atom stereocenters. The number of aromatic nitrogens is 3. The van der Waals surface area contributed by atoms with Gasteiger partial charge in [-0.2, -0.15) is 18.2 Å². The number of H-pyrrole nitrogens is 1. The zero-order valence-corrected chi connectivity index (χ0v) is 12.2. The first-order valence-corrected chi connectivity index (χ1v) is 6.43. The summed E-state index contributed by atoms with van der Waals surface area (Å²) in [5.41, 5.74) is 1.63. The van der Waals surface area contributed by atoms with E-state index in [4.69, 9.17) is 4.74 Å². The zero-order chi connectivity index (χ0) is 17.0. The maximum absolute atomic E-state index is 12.4. The number of nitrogens with one attached hydrogen (secondary N) is 2. The predicted molar refractivity (Wildman–Crippen MR) is 76.8 cm³/mol. The highest BCUT2D eigenvalue weighted by atomic mass is 19.4. The lowest BCUT2D eigenvalue weighted by Gasteiger charge is -2.05. The van der Waals surface area contributed by atoms with E-state index >= 15 is 0 Å². The number of aryl methyl sites for hydroxylation is 1. The average molecular weight is 326 g/mol. The van der Waals surface area contributed by atoms with Crippen LogP contribution in [0.2, 0.25) is 0 Å². The van der Waals surface area contributed by atoms with E-state index in [-0.39, 0.29) is 0 Å². The highest BCUT2D eigenvalue weighted by Gasteiger charge is 2.35. The van der Waals surface area contributed by atoms with Crippen molar-refractivity contribution in [3.05, 3.63) is 41.2 Å². The van der Waals surface area contributed by atoms with Crippen LogP contribution in [0, 0.1) is 6.92 Å². The molecule has 0 aliphatic carbocycles. The predicted octanol–water partition coefficient (Wildman–Crippen LogP) is 2.79. The molecule has 0 fully saturated rings. The molecule has 9 heteroatoms. The Bertz CT molecular complexity index is 738. The lowest BCUT2D eigenvalue weighted by atomic mass is 10.1. The Hall–Kier alpha value is -2.84. The second-order valence-corrected chi connectivity index (χ2v) is 4.57. The van der Waals surface area contributed by atoms with Gasteiger partial charge < -0.3 is 4.74 Å². The number of hydrogen-bond acceptors (Lipinski definition) is 4. The van der Waals surface area contributed by atoms with Crippen molar-refractivity contribution in [1.82, 2.24) is 15.2 Å². The van der Waals surface area contributed by atoms with Crippen LogP contribution in [-0.2, 0) is 11.0 Å². The summed E-state index contributed by atoms with van der Waals surface area (Å²) in [5.74, 6) is -1.83. The molecule has 6 nitrogen and oxygen atoms in total. The van der Waals surface area contributed by atoms with Gasteiger partial charge in [-0.15, -0.1) is 5.10 Å². The van der Waals surface area contributed by atoms with Crippen molar-refractivity contribution in [3.63, 3.8) is 0 Å². The van der Waals surface area contributed by atoms with E-state index in [0.717, 1.165) is 11.6 Å². The van der Waals surface area contributed by atoms with Gasteiger partial charge in [0.05, 0.1) is 7.11 Å². The molecule has 2 rings (SSSR count). The van der Waals surface area contributed by atoms with Gasteiger partial charge in [0.2, 0.25) is 11.8 Å². The van der Waals surface area contributed by atoms with E-state index in [2.05, 4.69) is 15.4 Å². The summed E-state index contributed by atoms with van der Waals surface area (Å²) in [6, 6.07) is 5.40. The number of alkyl halides is 3. The Kier molecular flexibility index (Phi) is 4.68. The van der Waals surface area contributed by atoms with Gasteiger partial charge in [0.15, 0.2) is 0 Å². The van der Waals surface area contributed by atoms with Crippen LogP contribution in [0.15, 0.2) is 24.3 Å². The lowest BCUT2D eigenvalue weighted by molar-refractivity contribution is -0.144. The number of nitrogens with zero attached hydrogens (tertiary/aromatic N) is 2. The fraction of sp³-hybridized carbons (Fsp3) is 0.214. The van der Waals surface area contributed by atoms with E-state index in [9.17, 15) is 18.0 Å². The molecule has 2 aromatic rings. The van der Waals surface area contributed by atoms with Crippen LogP contribution >= 0.6 is 0 Å². The fourth-order valence-corrected chi connectivity index (χ4v) is 1.75. The van der Waals surface area contributed by atoms with Gasteiger partial charge in [-0.1, -0.05) is 11.6 Å². The minimum atomic E-state index is -4.65. The van der Waals surface area contributed by atoms with Crippen molar-refractivity contribution >= 4 is 17.9 Å². The molecule has 0 atom stereocenters. The van der Waals surface area contributed by atoms with E-state index in [1.54, 1.807) is 17.2 Å². The smallest absolute Gasteiger partial charge is 0.451 e. The molecular weight excluding hydrogens is 313 g/mol. The highest BCUT2D eigenvalue weighted by molar-refractivity contribution is 6.01. The van der Waals surface area contributed by atoms with Crippen molar-refractivity contribution in [2.75, 3.05) is 12.4 Å². The highest BCUT2D eigenvalue weighted by Crippen LogP contribution is 2.26. The maximum Gasteiger partial charge on any atom is 0.451 e. The molecule has 0 saturated carbocycles. The number of halogens is 3. The molecule has 23 heavy (non-hydrogen) atoms. The molecule has 0 saturated heterocycles. The first-order valence-electron chi connectivity index (χ1n) is 6.43. The van der Waals surface area contributed by atoms with Crippen LogP contribution in [0.3, 0.4) is 0 Å². The van der Waals surface area contributed by atoms with Crippen molar-refractivity contribution in [2.24, 2.45) is 0 Å². The number of amides is 1. The minimum Gasteiger partial charge on any atom is -0.496 e. The molecule has 0 bridgehead atoms. The number of carbonyl (C=O) groups is 1. The summed E-state index contributed by atoms with van der Waals surface area (Å²) in [5, 5.41) is 7.12. The molecule has 1 aromatic heterocycles. The van der Waals surface area contributed by atoms with Crippen molar-refractivity contribution in [2.45, 2.75) is 13.1 Å². The van der Waals surface area contributed by atoms with Gasteiger partial charge in [-0.25, -0.2) is 0 Å². The molecule has 0 aliphatic heterocycles. The van der Waals surface area contributed by atoms with Crippen LogP contribution in [-0.4, -0.2) is 28.2 Å². The summed E-state index contributed by atoms with van der Waals surface area (Å²) in [7, 11) is 1.49. The molecule has 0 radical (unpaired) electrons. The third-order valence-corrected chi connectivity index (χ3v) is 2.79. The summed E-state index contributed by atoms with van der Waals surface area (Å²) in [4.78, 5) is 14.9. The SMILES string of the molecule is COc1ccc(C)cc1/C=C\C(=O)Nc1n[nH]c(C(F)(F)F)n1. The number of hydrogen-bond donors (Lipinski definition) is 2. The standard InChI is InChI=1S/C14H13F3N4O2/c1-8-3-5-10(23-2)9(7-8)4-6-11(22)18-13-19-12(20-21-13)14(15,16)17/h3-7H,1-2H3,(H2,18,19,20,21,22)/b6-4-. The number of aromatic amines is 1. The Morgan fingerprint density at radius 1 is 1.39 bits per heavy atom. The topological polar surface area (TPSA) is 79.9 Å². The maximum atomic E-state index is 12.4. The number of anilines is 1. The average Bonchev–Trinajstić information content (AvgIpc) is 2.94. The molecule has 2 N–H and O–H groups in total. The van der Waals surface area contributed by atoms with Crippen LogP contribution in [0.1, 0.15) is 17.0 Å². The molecule has 0 aliphatic rings. The van der Waals surface area contributed by atoms with Crippen molar-refractivity contribution in [1.29, 1.82) is 0 Å². The third kappa shape index (κ3) is 4.31. The zero-order valence-electron chi connectivity index (χ0n) is 12.2. The van der Waals surface area contributed by atoms with Gasteiger partial charge in [0, 0.05) is 11.6 Å². The van der Waals surface area contributed by atoms with Crippen LogP contribution in [0.4, 0.5) is 19.1 Å². The second-order valence-electron chi connectivity index (χ2n) is 4.57. The van der Waals surface area contributed by atoms with Gasteiger partial charge in [0.1, 0.15) is 5.75 Å². The monoisotopic (exact) mass is 326 g/mol. The first kappa shape index (κ1) is 16.5. The van der Waals surface area contributed by atoms with Crippen LogP contribution in [0.5, 0.6) is 5.75 Å². The van der Waals surface area contributed by atoms with Crippen LogP contribution < -0.4 is 10.1 Å². The number of benzene rings is 1. The summed E-state index contributed by atoms with van der Waals surface area (Å²) < 4.78 is 42.2. The molecular formula is C14H13F3N4O2. The molecule has 1 aromatic carbocycles. The normalized spacial score (nSPS) is 11.7. The first-order chi connectivity index (χ1) is 10.8. The molecule has 1 amide bonds. The van der Waals surface area contributed by atoms with E-state index in [1.165, 1.54) is 13.2 Å². The van der Waals surface area contributed by atoms with E-state index < -0.39 is 23.9 Å². The van der Waals surface area contributed by atoms with Crippen molar-refractivity contribution in [3.8, 4) is 5.75 Å². The number of ether oxygens (including phenoxy) is 1. The van der Waals surface area contributed by atoms with Crippen LogP contribution in [0.25, 0.3) is 6.08 Å². The minimum absolute atomic E-state index is 0.455. The number of methoxy groups -OCH3 is 1. The third-order valence-electron chi connectivity index (χ3n) is 2.79. The second kappa shape index (κ2) is 6.51. The Morgan fingerprint density at radius 3 is 2.74 bits per heavy atom. The Balaban J connectivity index is 2.08. The molecule has 0 spiro atoms. The van der Waals surface area contributed by atoms with E-state index in [1.807, 2.05) is 13.0 Å². The molecule has 1 heterocycles. The quantitative estimate of drug-likeness (QED) is 0.847. The Labute approximate surface area is 129 Å². The van der Waals surface area contributed by atoms with E-state index in [0.29, 0.717) is 11.3 Å². The van der Waals surface area contributed by atoms with Crippen molar-refractivity contribution < 1.29 is 22.7 Å².